The zero-order chi connectivity index (χ0) is 32.5. The monoisotopic (exact) mass is 628 g/mol. The quantitative estimate of drug-likeness (QED) is 0.0610. The van der Waals surface area contributed by atoms with Gasteiger partial charge < -0.3 is 0 Å². The molecule has 0 aliphatic rings. The number of unbranched alkanes of at least 4 members (excludes halogenated alkanes) is 19. The van der Waals surface area contributed by atoms with E-state index in [-0.39, 0.29) is 5.41 Å². The topological polar surface area (TPSA) is 19.7 Å². The van der Waals surface area contributed by atoms with Gasteiger partial charge in [0, 0.05) is 5.41 Å². The van der Waals surface area contributed by atoms with E-state index in [2.05, 4.69) is 103 Å². The van der Waals surface area contributed by atoms with Gasteiger partial charge in [-0.25, -0.2) is 9.55 Å². The molecular formula is C44H71N2+. The number of aryl methyl sites for hydroxylation is 1. The van der Waals surface area contributed by atoms with Gasteiger partial charge in [0.2, 0.25) is 0 Å². The minimum absolute atomic E-state index is 0.00544. The number of benzene rings is 2. The zero-order valence-corrected chi connectivity index (χ0v) is 30.4. The van der Waals surface area contributed by atoms with Crippen molar-refractivity contribution >= 4 is 0 Å². The summed E-state index contributed by atoms with van der Waals surface area (Å²) >= 11 is 0. The Kier molecular flexibility index (Phi) is 19.8. The number of aromatic nitrogens is 2. The van der Waals surface area contributed by atoms with E-state index < -0.39 is 0 Å². The molecule has 2 heteroatoms. The fourth-order valence-corrected chi connectivity index (χ4v) is 7.68. The number of hydrogen-bond donors (Lipinski definition) is 1. The summed E-state index contributed by atoms with van der Waals surface area (Å²) in [5, 5.41) is 0. The van der Waals surface area contributed by atoms with Crippen molar-refractivity contribution in [1.82, 2.24) is 4.98 Å². The van der Waals surface area contributed by atoms with Gasteiger partial charge in [-0.15, -0.1) is 0 Å². The van der Waals surface area contributed by atoms with Gasteiger partial charge in [-0.3, -0.25) is 0 Å². The largest absolute Gasteiger partial charge is 0.258 e. The van der Waals surface area contributed by atoms with Crippen LogP contribution in [0.2, 0.25) is 0 Å². The fraction of sp³-hybridized carbons (Fsp3) is 0.659. The minimum atomic E-state index is 0.00544. The number of imidazole rings is 1. The first-order valence-electron chi connectivity index (χ1n) is 19.8. The van der Waals surface area contributed by atoms with Crippen molar-refractivity contribution < 1.29 is 4.57 Å². The Morgan fingerprint density at radius 1 is 0.565 bits per heavy atom. The van der Waals surface area contributed by atoms with E-state index in [9.17, 15) is 0 Å². The molecule has 0 radical (unpaired) electrons. The van der Waals surface area contributed by atoms with Gasteiger partial charge in [0.25, 0.3) is 5.82 Å². The van der Waals surface area contributed by atoms with Crippen LogP contribution < -0.4 is 4.57 Å². The molecule has 46 heavy (non-hydrogen) atoms. The molecule has 0 bridgehead atoms. The van der Waals surface area contributed by atoms with Gasteiger partial charge in [-0.05, 0) is 36.8 Å². The van der Waals surface area contributed by atoms with Crippen molar-refractivity contribution in [3.8, 4) is 0 Å². The smallest absolute Gasteiger partial charge is 0.247 e. The summed E-state index contributed by atoms with van der Waals surface area (Å²) in [6.07, 6.45) is 36.0. The molecule has 0 fully saturated rings. The van der Waals surface area contributed by atoms with Crippen LogP contribution in [0.5, 0.6) is 0 Å². The van der Waals surface area contributed by atoms with Crippen molar-refractivity contribution in [1.29, 1.82) is 0 Å². The summed E-state index contributed by atoms with van der Waals surface area (Å²) in [6, 6.07) is 22.6. The number of hydrogen-bond acceptors (Lipinski definition) is 0. The second-order valence-corrected chi connectivity index (χ2v) is 14.5. The van der Waals surface area contributed by atoms with Crippen LogP contribution in [0.4, 0.5) is 0 Å². The molecule has 2 atom stereocenters. The standard InChI is InChI=1S/C44H70N2/c1-4-6-8-10-12-14-15-16-17-19-21-29-35-42(43-45-36-38-46(43)37-30-22-20-18-13-11-9-7-5-2)44(3,41-33-27-24-28-34-41)39-40-31-25-23-26-32-40/h23-28,31-34,36,38,42H,4-22,29-30,35,37,39H2,1-3H3/p+1. The summed E-state index contributed by atoms with van der Waals surface area (Å²) in [5.41, 5.74) is 2.91. The Morgan fingerprint density at radius 3 is 1.54 bits per heavy atom. The maximum absolute atomic E-state index is 3.80. The lowest BCUT2D eigenvalue weighted by Crippen LogP contribution is -2.43. The van der Waals surface area contributed by atoms with E-state index in [1.54, 1.807) is 0 Å². The normalized spacial score (nSPS) is 13.5. The molecule has 1 aromatic heterocycles. The second kappa shape index (κ2) is 23.9. The maximum Gasteiger partial charge on any atom is 0.258 e. The lowest BCUT2D eigenvalue weighted by molar-refractivity contribution is -0.705. The molecule has 2 nitrogen and oxygen atoms in total. The predicted octanol–water partition coefficient (Wildman–Crippen LogP) is 13.2. The van der Waals surface area contributed by atoms with E-state index in [0.717, 1.165) is 13.0 Å². The van der Waals surface area contributed by atoms with Crippen LogP contribution >= 0.6 is 0 Å². The molecule has 0 saturated carbocycles. The fourth-order valence-electron chi connectivity index (χ4n) is 7.68. The lowest BCUT2D eigenvalue weighted by Gasteiger charge is -2.37. The highest BCUT2D eigenvalue weighted by Crippen LogP contribution is 2.43. The van der Waals surface area contributed by atoms with Crippen molar-refractivity contribution in [2.24, 2.45) is 0 Å². The molecule has 1 heterocycles. The average molecular weight is 628 g/mol. The van der Waals surface area contributed by atoms with E-state index >= 15 is 0 Å². The molecule has 2 aromatic carbocycles. The Labute approximate surface area is 285 Å². The number of H-pyrrole nitrogens is 1. The van der Waals surface area contributed by atoms with Crippen LogP contribution in [-0.2, 0) is 18.4 Å². The Bertz CT molecular complexity index is 1100. The van der Waals surface area contributed by atoms with Crippen molar-refractivity contribution in [2.45, 2.75) is 186 Å². The van der Waals surface area contributed by atoms with Gasteiger partial charge in [0.05, 0.1) is 12.5 Å². The highest BCUT2D eigenvalue weighted by Gasteiger charge is 2.41. The molecular weight excluding hydrogens is 556 g/mol. The summed E-state index contributed by atoms with van der Waals surface area (Å²) in [6.45, 7) is 8.28. The Hall–Kier alpha value is -2.35. The summed E-state index contributed by atoms with van der Waals surface area (Å²) in [5.74, 6) is 1.87. The maximum atomic E-state index is 3.80. The van der Waals surface area contributed by atoms with E-state index in [0.29, 0.717) is 5.92 Å². The van der Waals surface area contributed by atoms with E-state index in [1.807, 2.05) is 0 Å². The van der Waals surface area contributed by atoms with Crippen LogP contribution in [0.3, 0.4) is 0 Å². The van der Waals surface area contributed by atoms with Gasteiger partial charge in [-0.1, -0.05) is 203 Å². The Morgan fingerprint density at radius 2 is 1.02 bits per heavy atom. The van der Waals surface area contributed by atoms with Crippen LogP contribution in [0, 0.1) is 0 Å². The Balaban J connectivity index is 1.63. The summed E-state index contributed by atoms with van der Waals surface area (Å²) in [4.78, 5) is 3.80. The molecule has 3 aromatic rings. The highest BCUT2D eigenvalue weighted by atomic mass is 15.1. The van der Waals surface area contributed by atoms with Gasteiger partial charge in [0.1, 0.15) is 12.4 Å². The number of aromatic amines is 1. The molecule has 0 saturated heterocycles. The summed E-state index contributed by atoms with van der Waals surface area (Å²) < 4.78 is 2.58. The molecule has 0 amide bonds. The van der Waals surface area contributed by atoms with Gasteiger partial charge in [0.15, 0.2) is 0 Å². The highest BCUT2D eigenvalue weighted by molar-refractivity contribution is 5.32. The number of nitrogens with zero attached hydrogens (tertiary/aromatic N) is 1. The molecule has 0 aliphatic heterocycles. The first-order chi connectivity index (χ1) is 22.7. The molecule has 3 rings (SSSR count). The molecule has 0 aliphatic carbocycles. The van der Waals surface area contributed by atoms with E-state index in [1.165, 1.54) is 158 Å². The lowest BCUT2D eigenvalue weighted by atomic mass is 9.66. The first kappa shape index (κ1) is 38.1. The van der Waals surface area contributed by atoms with Crippen molar-refractivity contribution in [3.63, 3.8) is 0 Å². The number of nitrogens with one attached hydrogen (secondary N) is 1. The average Bonchev–Trinajstić information content (AvgIpc) is 3.54. The van der Waals surface area contributed by atoms with Crippen molar-refractivity contribution in [3.05, 3.63) is 90.0 Å². The third kappa shape index (κ3) is 14.2. The van der Waals surface area contributed by atoms with E-state index in [4.69, 9.17) is 0 Å². The molecule has 1 N–H and O–H groups in total. The molecule has 2 unspecified atom stereocenters. The van der Waals surface area contributed by atoms with Gasteiger partial charge in [-0.2, -0.15) is 0 Å². The third-order valence-corrected chi connectivity index (χ3v) is 10.6. The van der Waals surface area contributed by atoms with Crippen LogP contribution in [0.15, 0.2) is 73.1 Å². The minimum Gasteiger partial charge on any atom is -0.247 e. The van der Waals surface area contributed by atoms with Crippen molar-refractivity contribution in [2.75, 3.05) is 0 Å². The first-order valence-corrected chi connectivity index (χ1v) is 19.8. The third-order valence-electron chi connectivity index (χ3n) is 10.6. The zero-order valence-electron chi connectivity index (χ0n) is 30.4. The predicted molar refractivity (Wildman–Crippen MR) is 201 cm³/mol. The van der Waals surface area contributed by atoms with Crippen LogP contribution in [0.1, 0.15) is 185 Å². The second-order valence-electron chi connectivity index (χ2n) is 14.5. The van der Waals surface area contributed by atoms with Crippen LogP contribution in [0.25, 0.3) is 0 Å². The molecule has 0 spiro atoms. The SMILES string of the molecule is CCCCCCCCCCCCCCC(c1[nH]cc[n+]1CCCCCCCCCCC)C(C)(Cc1ccccc1)c1ccccc1. The summed E-state index contributed by atoms with van der Waals surface area (Å²) in [7, 11) is 0. The van der Waals surface area contributed by atoms with Crippen LogP contribution in [-0.4, -0.2) is 4.98 Å². The number of rotatable bonds is 28. The molecule has 256 valence electrons. The van der Waals surface area contributed by atoms with Gasteiger partial charge >= 0.3 is 0 Å².